The van der Waals surface area contributed by atoms with Gasteiger partial charge in [-0.15, -0.1) is 20.2 Å². The van der Waals surface area contributed by atoms with Gasteiger partial charge in [-0.05, 0) is 43.7 Å². The highest BCUT2D eigenvalue weighted by molar-refractivity contribution is 5.47. The number of pyridine rings is 1. The van der Waals surface area contributed by atoms with Crippen molar-refractivity contribution in [2.75, 3.05) is 6.61 Å². The van der Waals surface area contributed by atoms with Crippen LogP contribution >= 0.6 is 0 Å². The molecule has 13 heteroatoms. The molecule has 0 spiro atoms. The van der Waals surface area contributed by atoms with Crippen LogP contribution in [0.1, 0.15) is 49.1 Å². The zero-order valence-electron chi connectivity index (χ0n) is 17.6. The topological polar surface area (TPSA) is 180 Å². The van der Waals surface area contributed by atoms with Gasteiger partial charge in [0, 0.05) is 24.2 Å². The molecule has 2 heterocycles. The fourth-order valence-corrected chi connectivity index (χ4v) is 3.69. The summed E-state index contributed by atoms with van der Waals surface area (Å²) < 4.78 is 7.03. The van der Waals surface area contributed by atoms with Crippen LogP contribution in [-0.4, -0.2) is 38.2 Å². The monoisotopic (exact) mass is 460 g/mol. The number of nitriles is 1. The number of benzene rings is 1. The largest absolute Gasteiger partial charge is 0.485 e. The van der Waals surface area contributed by atoms with E-state index < -0.39 is 46.2 Å². The van der Waals surface area contributed by atoms with Crippen LogP contribution in [-0.2, 0) is 9.68 Å². The first-order valence-electron chi connectivity index (χ1n) is 9.75. The third-order valence-electron chi connectivity index (χ3n) is 5.26. The maximum atomic E-state index is 12.8. The number of aliphatic hydroxyl groups excluding tert-OH is 1. The van der Waals surface area contributed by atoms with E-state index in [2.05, 4.69) is 9.68 Å². The predicted molar refractivity (Wildman–Crippen MR) is 109 cm³/mol. The normalized spacial score (nSPS) is 19.3. The molecule has 1 aromatic heterocycles. The van der Waals surface area contributed by atoms with Gasteiger partial charge in [0.1, 0.15) is 23.6 Å². The van der Waals surface area contributed by atoms with Gasteiger partial charge in [-0.3, -0.25) is 4.79 Å². The molecular formula is C20H20N4O9. The van der Waals surface area contributed by atoms with E-state index in [0.717, 1.165) is 6.07 Å². The number of nitrogens with zero attached hydrogens (tertiary/aromatic N) is 4. The molecule has 2 aromatic rings. The molecule has 0 saturated carbocycles. The second-order valence-corrected chi connectivity index (χ2v) is 7.83. The molecule has 3 unspecified atom stereocenters. The minimum atomic E-state index is -1.28. The van der Waals surface area contributed by atoms with Crippen LogP contribution in [0.2, 0.25) is 0 Å². The van der Waals surface area contributed by atoms with Gasteiger partial charge in [0.05, 0.1) is 24.3 Å². The molecule has 174 valence electrons. The van der Waals surface area contributed by atoms with E-state index >= 15 is 0 Å². The van der Waals surface area contributed by atoms with E-state index in [0.29, 0.717) is 11.3 Å². The summed E-state index contributed by atoms with van der Waals surface area (Å²) in [6, 6.07) is 8.04. The number of rotatable bonds is 8. The molecule has 0 fully saturated rings. The first-order valence-corrected chi connectivity index (χ1v) is 9.75. The Morgan fingerprint density at radius 1 is 1.27 bits per heavy atom. The number of hydrogen-bond donors (Lipinski definition) is 1. The molecule has 0 aliphatic carbocycles. The lowest BCUT2D eigenvalue weighted by Crippen LogP contribution is -2.52. The number of ether oxygens (including phenoxy) is 1. The first-order chi connectivity index (χ1) is 15.5. The van der Waals surface area contributed by atoms with Gasteiger partial charge in [0.2, 0.25) is 0 Å². The lowest BCUT2D eigenvalue weighted by Gasteiger charge is -2.42. The maximum absolute atomic E-state index is 12.8. The maximum Gasteiger partial charge on any atom is 0.295 e. The molecule has 0 saturated heterocycles. The van der Waals surface area contributed by atoms with Crippen molar-refractivity contribution in [3.63, 3.8) is 0 Å². The van der Waals surface area contributed by atoms with Crippen molar-refractivity contribution >= 4 is 0 Å². The molecular weight excluding hydrogens is 440 g/mol. The number of aromatic nitrogens is 1. The summed E-state index contributed by atoms with van der Waals surface area (Å²) in [6.45, 7) is 2.79. The molecule has 33 heavy (non-hydrogen) atoms. The molecule has 1 aromatic carbocycles. The first kappa shape index (κ1) is 23.5. The summed E-state index contributed by atoms with van der Waals surface area (Å²) in [5.41, 5.74) is -0.825. The Labute approximate surface area is 186 Å². The lowest BCUT2D eigenvalue weighted by atomic mass is 9.85. The third kappa shape index (κ3) is 5.01. The van der Waals surface area contributed by atoms with Gasteiger partial charge in [0.15, 0.2) is 0 Å². The summed E-state index contributed by atoms with van der Waals surface area (Å²) in [4.78, 5) is 43.0. The van der Waals surface area contributed by atoms with Crippen molar-refractivity contribution < 1.29 is 29.7 Å². The Kier molecular flexibility index (Phi) is 6.50. The van der Waals surface area contributed by atoms with Crippen LogP contribution in [0.4, 0.5) is 0 Å². The number of hydrogen-bond acceptors (Lipinski definition) is 10. The van der Waals surface area contributed by atoms with Gasteiger partial charge >= 0.3 is 0 Å². The Balaban J connectivity index is 2.10. The molecule has 3 atom stereocenters. The summed E-state index contributed by atoms with van der Waals surface area (Å²) in [7, 11) is 0. The Morgan fingerprint density at radius 3 is 2.64 bits per heavy atom. The van der Waals surface area contributed by atoms with Crippen LogP contribution in [0.15, 0.2) is 41.3 Å². The van der Waals surface area contributed by atoms with E-state index in [1.807, 2.05) is 6.07 Å². The molecule has 0 radical (unpaired) electrons. The van der Waals surface area contributed by atoms with Crippen molar-refractivity contribution in [1.29, 1.82) is 5.26 Å². The SMILES string of the molecule is CC1(C)Oc2ccc(C#N)cc2C(n2cc(C(CCO[N+](=O)[O-])O[N+](=O)[O-])ccc2=O)C1O. The van der Waals surface area contributed by atoms with Crippen LogP contribution in [0, 0.1) is 31.6 Å². The average Bonchev–Trinajstić information content (AvgIpc) is 2.74. The zero-order chi connectivity index (χ0) is 24.3. The Hall–Kier alpha value is -4.18. The number of fused-ring (bicyclic) bond motifs is 1. The molecule has 1 aliphatic heterocycles. The van der Waals surface area contributed by atoms with Crippen molar-refractivity contribution in [2.45, 2.75) is 44.1 Å². The summed E-state index contributed by atoms with van der Waals surface area (Å²) in [5.74, 6) is 0.365. The third-order valence-corrected chi connectivity index (χ3v) is 5.26. The highest BCUT2D eigenvalue weighted by Gasteiger charge is 2.44. The van der Waals surface area contributed by atoms with Crippen molar-refractivity contribution in [1.82, 2.24) is 4.57 Å². The van der Waals surface area contributed by atoms with Gasteiger partial charge in [-0.1, -0.05) is 0 Å². The quantitative estimate of drug-likeness (QED) is 0.450. The Bertz CT molecular complexity index is 1170. The smallest absolute Gasteiger partial charge is 0.295 e. The lowest BCUT2D eigenvalue weighted by molar-refractivity contribution is -0.776. The summed E-state index contributed by atoms with van der Waals surface area (Å²) in [6.07, 6.45) is -1.49. The fraction of sp³-hybridized carbons (Fsp3) is 0.400. The second kappa shape index (κ2) is 9.13. The molecule has 1 N–H and O–H groups in total. The van der Waals surface area contributed by atoms with Crippen LogP contribution in [0.3, 0.4) is 0 Å². The minimum Gasteiger partial charge on any atom is -0.485 e. The van der Waals surface area contributed by atoms with E-state index in [4.69, 9.17) is 4.74 Å². The van der Waals surface area contributed by atoms with Gasteiger partial charge in [0.25, 0.3) is 15.7 Å². The predicted octanol–water partition coefficient (Wildman–Crippen LogP) is 1.69. The van der Waals surface area contributed by atoms with Gasteiger partial charge < -0.3 is 24.1 Å². The van der Waals surface area contributed by atoms with E-state index in [1.54, 1.807) is 26.0 Å². The van der Waals surface area contributed by atoms with E-state index in [1.165, 1.54) is 22.9 Å². The van der Waals surface area contributed by atoms with Crippen molar-refractivity contribution in [3.8, 4) is 11.8 Å². The van der Waals surface area contributed by atoms with Crippen molar-refractivity contribution in [3.05, 3.63) is 83.8 Å². The molecule has 13 nitrogen and oxygen atoms in total. The molecule has 0 bridgehead atoms. The van der Waals surface area contributed by atoms with Gasteiger partial charge in [-0.25, -0.2) is 0 Å². The highest BCUT2D eigenvalue weighted by atomic mass is 17.0. The second-order valence-electron chi connectivity index (χ2n) is 7.83. The highest BCUT2D eigenvalue weighted by Crippen LogP contribution is 2.42. The van der Waals surface area contributed by atoms with Crippen LogP contribution < -0.4 is 10.3 Å². The van der Waals surface area contributed by atoms with Crippen molar-refractivity contribution in [2.24, 2.45) is 0 Å². The minimum absolute atomic E-state index is 0.160. The zero-order valence-corrected chi connectivity index (χ0v) is 17.6. The molecule has 0 amide bonds. The van der Waals surface area contributed by atoms with Crippen LogP contribution in [0.25, 0.3) is 0 Å². The molecule has 3 rings (SSSR count). The van der Waals surface area contributed by atoms with E-state index in [9.17, 15) is 35.4 Å². The Morgan fingerprint density at radius 2 is 2.00 bits per heavy atom. The summed E-state index contributed by atoms with van der Waals surface area (Å²) in [5, 5.41) is 39.6. The van der Waals surface area contributed by atoms with Crippen LogP contribution in [0.5, 0.6) is 5.75 Å². The summed E-state index contributed by atoms with van der Waals surface area (Å²) >= 11 is 0. The van der Waals surface area contributed by atoms with E-state index in [-0.39, 0.29) is 17.5 Å². The standard InChI is InChI=1S/C20H20N4O9/c1-20(2)19(26)18(14-9-12(10-21)3-5-16(14)32-20)22-11-13(4-6-17(22)25)15(33-24(29)30)7-8-31-23(27)28/h3-6,9,11,15,18-19,26H,7-8H2,1-2H3. The van der Waals surface area contributed by atoms with Gasteiger partial charge in [-0.2, -0.15) is 5.26 Å². The fourth-order valence-electron chi connectivity index (χ4n) is 3.69. The molecule has 1 aliphatic rings. The average molecular weight is 460 g/mol. The number of aliphatic hydroxyl groups is 1.